The van der Waals surface area contributed by atoms with Crippen LogP contribution in [0.1, 0.15) is 72.4 Å². The van der Waals surface area contributed by atoms with Gasteiger partial charge < -0.3 is 14.8 Å². The number of benzene rings is 1. The van der Waals surface area contributed by atoms with Gasteiger partial charge in [-0.15, -0.1) is 0 Å². The molecule has 172 valence electrons. The smallest absolute Gasteiger partial charge is 0.170 e. The second-order valence-corrected chi connectivity index (χ2v) is 10.2. The summed E-state index contributed by atoms with van der Waals surface area (Å²) in [5, 5.41) is 5.25. The van der Waals surface area contributed by atoms with Gasteiger partial charge in [0.05, 0.1) is 17.8 Å². The standard InChI is InChI=1S/C27H31ClN4S/c1-17-12-13-20(28)16-24(17)31-18(2)15-22(19(31)3)26-25(23-11-7-8-14-29-23)30-27(33)32(26)21-9-5-4-6-10-21/h7-8,11-16,21,25-26H,4-6,9-10H2,1-3H3,(H,30,33)/t25-,26+/m0/s1. The molecule has 6 heteroatoms. The summed E-state index contributed by atoms with van der Waals surface area (Å²) in [5.41, 5.74) is 7.12. The number of aromatic nitrogens is 2. The number of pyridine rings is 1. The average Bonchev–Trinajstić information content (AvgIpc) is 3.32. The summed E-state index contributed by atoms with van der Waals surface area (Å²) in [6.07, 6.45) is 8.12. The van der Waals surface area contributed by atoms with E-state index in [0.29, 0.717) is 6.04 Å². The van der Waals surface area contributed by atoms with Crippen molar-refractivity contribution in [2.45, 2.75) is 71.0 Å². The van der Waals surface area contributed by atoms with Gasteiger partial charge in [0.25, 0.3) is 0 Å². The summed E-state index contributed by atoms with van der Waals surface area (Å²) in [5.74, 6) is 0. The molecule has 3 heterocycles. The summed E-state index contributed by atoms with van der Waals surface area (Å²) in [6.45, 7) is 6.54. The Morgan fingerprint density at radius 3 is 2.55 bits per heavy atom. The Hall–Kier alpha value is -2.37. The minimum atomic E-state index is 0.0232. The molecule has 0 bridgehead atoms. The van der Waals surface area contributed by atoms with Crippen molar-refractivity contribution < 1.29 is 0 Å². The molecule has 2 aliphatic rings. The van der Waals surface area contributed by atoms with Gasteiger partial charge in [0.2, 0.25) is 0 Å². The van der Waals surface area contributed by atoms with Gasteiger partial charge >= 0.3 is 0 Å². The molecule has 1 saturated carbocycles. The number of nitrogens with one attached hydrogen (secondary N) is 1. The van der Waals surface area contributed by atoms with Crippen LogP contribution in [0.5, 0.6) is 0 Å². The zero-order chi connectivity index (χ0) is 23.1. The van der Waals surface area contributed by atoms with Crippen molar-refractivity contribution in [2.75, 3.05) is 0 Å². The maximum Gasteiger partial charge on any atom is 0.170 e. The molecule has 1 aliphatic carbocycles. The molecule has 0 unspecified atom stereocenters. The first-order chi connectivity index (χ1) is 16.0. The highest BCUT2D eigenvalue weighted by Gasteiger charge is 2.44. The van der Waals surface area contributed by atoms with Crippen molar-refractivity contribution in [2.24, 2.45) is 0 Å². The average molecular weight is 479 g/mol. The first kappa shape index (κ1) is 22.4. The highest BCUT2D eigenvalue weighted by atomic mass is 35.5. The molecule has 3 aromatic rings. The number of halogens is 1. The molecular weight excluding hydrogens is 448 g/mol. The van der Waals surface area contributed by atoms with Crippen LogP contribution in [-0.2, 0) is 0 Å². The Morgan fingerprint density at radius 1 is 1.03 bits per heavy atom. The van der Waals surface area contributed by atoms with Crippen LogP contribution in [-0.4, -0.2) is 25.6 Å². The van der Waals surface area contributed by atoms with Gasteiger partial charge in [-0.3, -0.25) is 4.98 Å². The van der Waals surface area contributed by atoms with Crippen LogP contribution in [0.4, 0.5) is 0 Å². The first-order valence-corrected chi connectivity index (χ1v) is 12.7. The SMILES string of the molecule is Cc1ccc(Cl)cc1-n1c(C)cc([C@@H]2[C@H](c3ccccn3)NC(=S)N2C2CCCCC2)c1C. The zero-order valence-corrected chi connectivity index (χ0v) is 21.1. The summed E-state index contributed by atoms with van der Waals surface area (Å²) in [7, 11) is 0. The number of thiocarbonyl (C=S) groups is 1. The van der Waals surface area contributed by atoms with E-state index in [2.05, 4.69) is 65.9 Å². The lowest BCUT2D eigenvalue weighted by Crippen LogP contribution is -2.40. The lowest BCUT2D eigenvalue weighted by Gasteiger charge is -2.37. The van der Waals surface area contributed by atoms with E-state index in [9.17, 15) is 0 Å². The highest BCUT2D eigenvalue weighted by molar-refractivity contribution is 7.80. The minimum absolute atomic E-state index is 0.0232. The molecule has 2 atom stereocenters. The van der Waals surface area contributed by atoms with Crippen LogP contribution in [0.15, 0.2) is 48.7 Å². The molecule has 2 aromatic heterocycles. The number of nitrogens with zero attached hydrogens (tertiary/aromatic N) is 3. The van der Waals surface area contributed by atoms with E-state index in [4.69, 9.17) is 28.8 Å². The fourth-order valence-corrected chi connectivity index (χ4v) is 6.29. The van der Waals surface area contributed by atoms with E-state index in [1.807, 2.05) is 18.3 Å². The largest absolute Gasteiger partial charge is 0.352 e. The molecule has 4 nitrogen and oxygen atoms in total. The van der Waals surface area contributed by atoms with Gasteiger partial charge in [-0.25, -0.2) is 0 Å². The predicted molar refractivity (Wildman–Crippen MR) is 139 cm³/mol. The molecule has 0 spiro atoms. The van der Waals surface area contributed by atoms with Crippen molar-refractivity contribution in [1.29, 1.82) is 0 Å². The maximum absolute atomic E-state index is 6.40. The normalized spacial score (nSPS) is 21.5. The van der Waals surface area contributed by atoms with Crippen molar-refractivity contribution in [1.82, 2.24) is 19.8 Å². The molecule has 0 radical (unpaired) electrons. The van der Waals surface area contributed by atoms with Crippen LogP contribution in [0.3, 0.4) is 0 Å². The lowest BCUT2D eigenvalue weighted by molar-refractivity contribution is 0.197. The number of hydrogen-bond donors (Lipinski definition) is 1. The second kappa shape index (κ2) is 9.11. The third-order valence-corrected chi connectivity index (χ3v) is 7.87. The predicted octanol–water partition coefficient (Wildman–Crippen LogP) is 6.76. The Bertz CT molecular complexity index is 1170. The monoisotopic (exact) mass is 478 g/mol. The quantitative estimate of drug-likeness (QED) is 0.420. The van der Waals surface area contributed by atoms with Crippen molar-refractivity contribution in [3.63, 3.8) is 0 Å². The fourth-order valence-electron chi connectivity index (χ4n) is 5.73. The summed E-state index contributed by atoms with van der Waals surface area (Å²) < 4.78 is 2.34. The van der Waals surface area contributed by atoms with Gasteiger partial charge in [-0.05, 0) is 87.3 Å². The Kier molecular flexibility index (Phi) is 6.19. The van der Waals surface area contributed by atoms with Gasteiger partial charge in [0.1, 0.15) is 0 Å². The van der Waals surface area contributed by atoms with Gasteiger partial charge in [0.15, 0.2) is 5.11 Å². The molecule has 1 N–H and O–H groups in total. The Balaban J connectivity index is 1.65. The van der Waals surface area contributed by atoms with Gasteiger partial charge in [-0.2, -0.15) is 0 Å². The van der Waals surface area contributed by atoms with E-state index in [1.54, 1.807) is 0 Å². The molecule has 0 amide bonds. The fraction of sp³-hybridized carbons (Fsp3) is 0.407. The van der Waals surface area contributed by atoms with E-state index in [1.165, 1.54) is 54.6 Å². The molecule has 1 aliphatic heterocycles. The third-order valence-electron chi connectivity index (χ3n) is 7.30. The molecule has 33 heavy (non-hydrogen) atoms. The van der Waals surface area contributed by atoms with Crippen LogP contribution in [0, 0.1) is 20.8 Å². The number of aryl methyl sites for hydroxylation is 2. The van der Waals surface area contributed by atoms with Gasteiger partial charge in [-0.1, -0.05) is 43.0 Å². The number of hydrogen-bond acceptors (Lipinski definition) is 2. The molecule has 1 aromatic carbocycles. The molecule has 5 rings (SSSR count). The van der Waals surface area contributed by atoms with Crippen molar-refractivity contribution in [3.8, 4) is 5.69 Å². The second-order valence-electron chi connectivity index (χ2n) is 9.42. The molecular formula is C27H31ClN4S. The summed E-state index contributed by atoms with van der Waals surface area (Å²) in [6, 6.07) is 15.2. The summed E-state index contributed by atoms with van der Waals surface area (Å²) >= 11 is 12.3. The topological polar surface area (TPSA) is 33.1 Å². The van der Waals surface area contributed by atoms with E-state index in [0.717, 1.165) is 21.5 Å². The van der Waals surface area contributed by atoms with Crippen LogP contribution in [0.25, 0.3) is 5.69 Å². The number of rotatable bonds is 4. The van der Waals surface area contributed by atoms with Crippen LogP contribution < -0.4 is 5.32 Å². The van der Waals surface area contributed by atoms with Crippen LogP contribution in [0.2, 0.25) is 5.02 Å². The Labute approximate surface area is 207 Å². The molecule has 2 fully saturated rings. The first-order valence-electron chi connectivity index (χ1n) is 11.9. The van der Waals surface area contributed by atoms with Crippen molar-refractivity contribution in [3.05, 3.63) is 81.9 Å². The zero-order valence-electron chi connectivity index (χ0n) is 19.5. The third kappa shape index (κ3) is 4.06. The van der Waals surface area contributed by atoms with E-state index >= 15 is 0 Å². The molecule has 1 saturated heterocycles. The van der Waals surface area contributed by atoms with E-state index in [-0.39, 0.29) is 12.1 Å². The Morgan fingerprint density at radius 2 is 1.82 bits per heavy atom. The maximum atomic E-state index is 6.40. The lowest BCUT2D eigenvalue weighted by atomic mass is 9.90. The van der Waals surface area contributed by atoms with Gasteiger partial charge in [0, 0.05) is 34.3 Å². The summed E-state index contributed by atoms with van der Waals surface area (Å²) in [4.78, 5) is 7.21. The minimum Gasteiger partial charge on any atom is -0.352 e. The van der Waals surface area contributed by atoms with Crippen molar-refractivity contribution >= 4 is 28.9 Å². The van der Waals surface area contributed by atoms with E-state index < -0.39 is 0 Å². The van der Waals surface area contributed by atoms with Crippen LogP contribution >= 0.6 is 23.8 Å². The highest BCUT2D eigenvalue weighted by Crippen LogP contribution is 2.44.